The maximum atomic E-state index is 12.3. The highest BCUT2D eigenvalue weighted by Crippen LogP contribution is 2.27. The van der Waals surface area contributed by atoms with Crippen molar-refractivity contribution in [1.29, 1.82) is 0 Å². The second-order valence-corrected chi connectivity index (χ2v) is 8.03. The zero-order valence-electron chi connectivity index (χ0n) is 17.5. The highest BCUT2D eigenvalue weighted by Gasteiger charge is 2.16. The number of halogens is 1. The molecule has 0 aliphatic carbocycles. The average molecular weight is 434 g/mol. The number of fused-ring (bicyclic) bond motifs is 2. The van der Waals surface area contributed by atoms with Crippen molar-refractivity contribution >= 4 is 45.2 Å². The number of aromatic nitrogens is 6. The van der Waals surface area contributed by atoms with Crippen molar-refractivity contribution in [2.75, 3.05) is 5.32 Å². The Balaban J connectivity index is 1.70. The van der Waals surface area contributed by atoms with E-state index in [-0.39, 0.29) is 5.69 Å². The molecule has 156 valence electrons. The molecule has 1 N–H and O–H groups in total. The third-order valence-electron chi connectivity index (χ3n) is 5.35. The first kappa shape index (κ1) is 19.3. The molecule has 0 aliphatic heterocycles. The molecular formula is C22H20ClN7O. The van der Waals surface area contributed by atoms with Crippen molar-refractivity contribution in [3.05, 3.63) is 69.4 Å². The maximum Gasteiger partial charge on any atom is 0.328 e. The molecule has 8 nitrogen and oxygen atoms in total. The summed E-state index contributed by atoms with van der Waals surface area (Å²) in [7, 11) is 3.52. The van der Waals surface area contributed by atoms with Crippen molar-refractivity contribution < 1.29 is 0 Å². The van der Waals surface area contributed by atoms with Crippen LogP contribution < -0.4 is 11.0 Å². The van der Waals surface area contributed by atoms with Crippen LogP contribution in [0.15, 0.2) is 47.3 Å². The quantitative estimate of drug-likeness (QED) is 0.464. The zero-order valence-corrected chi connectivity index (χ0v) is 18.3. The Morgan fingerprint density at radius 3 is 2.42 bits per heavy atom. The lowest BCUT2D eigenvalue weighted by atomic mass is 10.2. The SMILES string of the molecule is Cc1cc(C)n(-c2nc3cc(Cl)ccc3nc2Nc2ccc3c(c2)n(C)c(=O)n3C)n1. The summed E-state index contributed by atoms with van der Waals surface area (Å²) in [5.41, 5.74) is 5.62. The van der Waals surface area contributed by atoms with Crippen LogP contribution in [0, 0.1) is 13.8 Å². The molecule has 5 aromatic rings. The molecule has 31 heavy (non-hydrogen) atoms. The lowest BCUT2D eigenvalue weighted by Crippen LogP contribution is -2.19. The third-order valence-corrected chi connectivity index (χ3v) is 5.59. The number of aryl methyl sites for hydroxylation is 4. The molecule has 0 saturated carbocycles. The molecule has 0 radical (unpaired) electrons. The van der Waals surface area contributed by atoms with Gasteiger partial charge in [0, 0.05) is 30.5 Å². The molecule has 0 amide bonds. The van der Waals surface area contributed by atoms with Gasteiger partial charge < -0.3 is 5.32 Å². The molecule has 0 aliphatic rings. The molecular weight excluding hydrogens is 414 g/mol. The van der Waals surface area contributed by atoms with Crippen LogP contribution in [0.25, 0.3) is 27.9 Å². The van der Waals surface area contributed by atoms with E-state index in [4.69, 9.17) is 21.6 Å². The molecule has 0 bridgehead atoms. The van der Waals surface area contributed by atoms with Gasteiger partial charge in [-0.1, -0.05) is 11.6 Å². The predicted molar refractivity (Wildman–Crippen MR) is 123 cm³/mol. The summed E-state index contributed by atoms with van der Waals surface area (Å²) in [5, 5.41) is 8.55. The van der Waals surface area contributed by atoms with Crippen molar-refractivity contribution in [2.24, 2.45) is 14.1 Å². The topological polar surface area (TPSA) is 82.6 Å². The number of benzene rings is 2. The lowest BCUT2D eigenvalue weighted by Gasteiger charge is -2.13. The number of hydrogen-bond donors (Lipinski definition) is 1. The van der Waals surface area contributed by atoms with Crippen LogP contribution in [0.4, 0.5) is 11.5 Å². The van der Waals surface area contributed by atoms with E-state index in [1.165, 1.54) is 0 Å². The molecule has 0 saturated heterocycles. The molecule has 0 fully saturated rings. The number of imidazole rings is 1. The molecule has 3 heterocycles. The van der Waals surface area contributed by atoms with Gasteiger partial charge in [-0.25, -0.2) is 19.4 Å². The first-order chi connectivity index (χ1) is 14.8. The smallest absolute Gasteiger partial charge is 0.328 e. The van der Waals surface area contributed by atoms with E-state index in [0.717, 1.165) is 28.1 Å². The van der Waals surface area contributed by atoms with Crippen LogP contribution in [0.2, 0.25) is 5.02 Å². The Morgan fingerprint density at radius 1 is 0.903 bits per heavy atom. The second-order valence-electron chi connectivity index (χ2n) is 7.60. The van der Waals surface area contributed by atoms with Gasteiger partial charge in [-0.15, -0.1) is 0 Å². The Morgan fingerprint density at radius 2 is 1.68 bits per heavy atom. The van der Waals surface area contributed by atoms with Gasteiger partial charge in [0.1, 0.15) is 0 Å². The van der Waals surface area contributed by atoms with Gasteiger partial charge in [0.05, 0.1) is 27.8 Å². The average Bonchev–Trinajstić information content (AvgIpc) is 3.18. The van der Waals surface area contributed by atoms with E-state index < -0.39 is 0 Å². The Labute approximate surface area is 182 Å². The van der Waals surface area contributed by atoms with Gasteiger partial charge in [-0.2, -0.15) is 5.10 Å². The number of hydrogen-bond acceptors (Lipinski definition) is 5. The van der Waals surface area contributed by atoms with Crippen molar-refractivity contribution in [3.63, 3.8) is 0 Å². The Hall–Kier alpha value is -3.65. The molecule has 3 aromatic heterocycles. The molecule has 0 atom stereocenters. The lowest BCUT2D eigenvalue weighted by molar-refractivity contribution is 0.795. The summed E-state index contributed by atoms with van der Waals surface area (Å²) in [6.45, 7) is 3.91. The summed E-state index contributed by atoms with van der Waals surface area (Å²) < 4.78 is 5.01. The van der Waals surface area contributed by atoms with Crippen molar-refractivity contribution in [1.82, 2.24) is 28.9 Å². The van der Waals surface area contributed by atoms with E-state index in [1.807, 2.05) is 44.2 Å². The van der Waals surface area contributed by atoms with Crippen LogP contribution >= 0.6 is 11.6 Å². The molecule has 5 rings (SSSR count). The standard InChI is InChI=1S/C22H20ClN7O/c1-12-9-13(2)30(27-12)21-20(25-16-7-5-14(23)10-17(16)26-21)24-15-6-8-18-19(11-15)29(4)22(31)28(18)3/h5-11H,1-4H3,(H,24,25). The van der Waals surface area contributed by atoms with Crippen LogP contribution in [0.5, 0.6) is 0 Å². The zero-order chi connectivity index (χ0) is 21.9. The highest BCUT2D eigenvalue weighted by molar-refractivity contribution is 6.31. The van der Waals surface area contributed by atoms with Crippen molar-refractivity contribution in [2.45, 2.75) is 13.8 Å². The summed E-state index contributed by atoms with van der Waals surface area (Å²) in [5.74, 6) is 1.13. The molecule has 0 unspecified atom stereocenters. The first-order valence-corrected chi connectivity index (χ1v) is 10.1. The number of rotatable bonds is 3. The van der Waals surface area contributed by atoms with Gasteiger partial charge >= 0.3 is 5.69 Å². The first-order valence-electron chi connectivity index (χ1n) is 9.75. The predicted octanol–water partition coefficient (Wildman–Crippen LogP) is 4.02. The fraction of sp³-hybridized carbons (Fsp3) is 0.182. The maximum absolute atomic E-state index is 12.3. The van der Waals surface area contributed by atoms with E-state index in [9.17, 15) is 4.79 Å². The highest BCUT2D eigenvalue weighted by atomic mass is 35.5. The van der Waals surface area contributed by atoms with Gasteiger partial charge in [0.25, 0.3) is 0 Å². The Bertz CT molecular complexity index is 1540. The fourth-order valence-electron chi connectivity index (χ4n) is 3.81. The van der Waals surface area contributed by atoms with E-state index in [0.29, 0.717) is 27.7 Å². The summed E-state index contributed by atoms with van der Waals surface area (Å²) in [4.78, 5) is 21.9. The number of nitrogens with zero attached hydrogens (tertiary/aromatic N) is 6. The largest absolute Gasteiger partial charge is 0.337 e. The third kappa shape index (κ3) is 3.16. The van der Waals surface area contributed by atoms with Crippen LogP contribution in [-0.4, -0.2) is 28.9 Å². The van der Waals surface area contributed by atoms with Gasteiger partial charge in [0.2, 0.25) is 0 Å². The molecule has 9 heteroatoms. The minimum absolute atomic E-state index is 0.0714. The number of anilines is 2. The van der Waals surface area contributed by atoms with Crippen LogP contribution in [0.3, 0.4) is 0 Å². The summed E-state index contributed by atoms with van der Waals surface area (Å²) >= 11 is 6.17. The summed E-state index contributed by atoms with van der Waals surface area (Å²) in [6, 6.07) is 13.2. The second kappa shape index (κ2) is 6.95. The van der Waals surface area contributed by atoms with Gasteiger partial charge in [0.15, 0.2) is 11.6 Å². The van der Waals surface area contributed by atoms with Crippen LogP contribution in [-0.2, 0) is 14.1 Å². The minimum atomic E-state index is -0.0714. The van der Waals surface area contributed by atoms with Gasteiger partial charge in [-0.3, -0.25) is 9.13 Å². The minimum Gasteiger partial charge on any atom is -0.337 e. The monoisotopic (exact) mass is 433 g/mol. The Kier molecular flexibility index (Phi) is 4.33. The van der Waals surface area contributed by atoms with E-state index >= 15 is 0 Å². The van der Waals surface area contributed by atoms with Crippen molar-refractivity contribution in [3.8, 4) is 5.82 Å². The van der Waals surface area contributed by atoms with Crippen LogP contribution in [0.1, 0.15) is 11.4 Å². The molecule has 0 spiro atoms. The summed E-state index contributed by atoms with van der Waals surface area (Å²) in [6.07, 6.45) is 0. The molecule has 2 aromatic carbocycles. The normalized spacial score (nSPS) is 11.5. The van der Waals surface area contributed by atoms with E-state index in [1.54, 1.807) is 40.0 Å². The fourth-order valence-corrected chi connectivity index (χ4v) is 3.98. The van der Waals surface area contributed by atoms with E-state index in [2.05, 4.69) is 10.4 Å². The van der Waals surface area contributed by atoms with Gasteiger partial charge in [-0.05, 0) is 56.3 Å². The number of nitrogens with one attached hydrogen (secondary N) is 1.